The van der Waals surface area contributed by atoms with Gasteiger partial charge in [-0.3, -0.25) is 4.79 Å². The zero-order valence-electron chi connectivity index (χ0n) is 14.3. The second-order valence-corrected chi connectivity index (χ2v) is 7.35. The monoisotopic (exact) mass is 393 g/mol. The van der Waals surface area contributed by atoms with Crippen molar-refractivity contribution in [1.29, 1.82) is 0 Å². The molecule has 0 fully saturated rings. The van der Waals surface area contributed by atoms with Gasteiger partial charge >= 0.3 is 5.97 Å². The molecule has 0 spiro atoms. The van der Waals surface area contributed by atoms with Crippen molar-refractivity contribution in [3.8, 4) is 5.75 Å². The number of ether oxygens (including phenoxy) is 1. The smallest absolute Gasteiger partial charge is 0.341 e. The Morgan fingerprint density at radius 3 is 2.54 bits per heavy atom. The van der Waals surface area contributed by atoms with E-state index >= 15 is 0 Å². The third kappa shape index (κ3) is 6.61. The number of carbonyl (C=O) groups excluding carboxylic acids is 1. The van der Waals surface area contributed by atoms with E-state index in [9.17, 15) is 9.59 Å². The Labute approximate surface area is 161 Å². The van der Waals surface area contributed by atoms with Gasteiger partial charge in [0.15, 0.2) is 6.61 Å². The minimum Gasteiger partial charge on any atom is -0.482 e. The molecule has 0 saturated carbocycles. The second kappa shape index (κ2) is 10.1. The lowest BCUT2D eigenvalue weighted by Gasteiger charge is -2.13. The second-order valence-electron chi connectivity index (χ2n) is 5.56. The Morgan fingerprint density at radius 2 is 1.88 bits per heavy atom. The first-order valence-corrected chi connectivity index (χ1v) is 9.34. The predicted octanol–water partition coefficient (Wildman–Crippen LogP) is 3.64. The topological polar surface area (TPSA) is 75.6 Å². The number of aliphatic carboxylic acids is 1. The molecule has 7 heteroatoms. The molecule has 2 aromatic carbocycles. The lowest BCUT2D eigenvalue weighted by atomic mass is 10.1. The van der Waals surface area contributed by atoms with Crippen LogP contribution in [0.15, 0.2) is 53.4 Å². The first-order valence-electron chi connectivity index (χ1n) is 8.08. The zero-order chi connectivity index (χ0) is 18.9. The summed E-state index contributed by atoms with van der Waals surface area (Å²) < 4.78 is 5.08. The van der Waals surface area contributed by atoms with Crippen molar-refractivity contribution >= 4 is 35.2 Å². The van der Waals surface area contributed by atoms with Crippen LogP contribution in [0, 0.1) is 0 Å². The van der Waals surface area contributed by atoms with E-state index in [1.165, 1.54) is 11.8 Å². The van der Waals surface area contributed by atoms with Gasteiger partial charge in [-0.15, -0.1) is 11.8 Å². The molecule has 1 amide bonds. The number of carbonyl (C=O) groups is 2. The molecule has 0 saturated heterocycles. The fraction of sp³-hybridized carbons (Fsp3) is 0.263. The molecule has 5 nitrogen and oxygen atoms in total. The maximum atomic E-state index is 12.2. The number of carboxylic acid groups (broad SMARTS) is 1. The highest BCUT2D eigenvalue weighted by Gasteiger charge is 2.15. The van der Waals surface area contributed by atoms with Crippen LogP contribution >= 0.6 is 23.4 Å². The van der Waals surface area contributed by atoms with Crippen molar-refractivity contribution < 1.29 is 19.4 Å². The maximum Gasteiger partial charge on any atom is 0.341 e. The average molecular weight is 394 g/mol. The van der Waals surface area contributed by atoms with Crippen molar-refractivity contribution in [2.75, 3.05) is 13.2 Å². The van der Waals surface area contributed by atoms with Crippen LogP contribution in [0.25, 0.3) is 0 Å². The minimum atomic E-state index is -1.01. The van der Waals surface area contributed by atoms with Crippen LogP contribution in [0.3, 0.4) is 0 Å². The lowest BCUT2D eigenvalue weighted by molar-refractivity contribution is -0.139. The van der Waals surface area contributed by atoms with Gasteiger partial charge in [0.25, 0.3) is 0 Å². The quantitative estimate of drug-likeness (QED) is 0.636. The summed E-state index contributed by atoms with van der Waals surface area (Å²) in [6.07, 6.45) is 0.675. The molecule has 0 heterocycles. The molecule has 26 heavy (non-hydrogen) atoms. The number of benzene rings is 2. The summed E-state index contributed by atoms with van der Waals surface area (Å²) >= 11 is 7.54. The first kappa shape index (κ1) is 20.1. The van der Waals surface area contributed by atoms with E-state index in [0.717, 1.165) is 10.5 Å². The van der Waals surface area contributed by atoms with E-state index in [4.69, 9.17) is 21.4 Å². The number of hydrogen-bond acceptors (Lipinski definition) is 4. The Hall–Kier alpha value is -2.18. The molecule has 0 aliphatic carbocycles. The first-order chi connectivity index (χ1) is 12.5. The highest BCUT2D eigenvalue weighted by Crippen LogP contribution is 2.29. The van der Waals surface area contributed by atoms with Crippen LogP contribution in [0.4, 0.5) is 0 Å². The molecular weight excluding hydrogens is 374 g/mol. The molecule has 1 unspecified atom stereocenters. The van der Waals surface area contributed by atoms with E-state index in [0.29, 0.717) is 23.7 Å². The third-order valence-corrected chi connectivity index (χ3v) is 5.13. The van der Waals surface area contributed by atoms with Crippen LogP contribution in [-0.4, -0.2) is 35.4 Å². The van der Waals surface area contributed by atoms with Gasteiger partial charge < -0.3 is 15.2 Å². The Balaban J connectivity index is 1.75. The maximum absolute atomic E-state index is 12.2. The van der Waals surface area contributed by atoms with Crippen LogP contribution in [0.5, 0.6) is 5.75 Å². The van der Waals surface area contributed by atoms with Gasteiger partial charge in [-0.05, 0) is 43.2 Å². The van der Waals surface area contributed by atoms with Gasteiger partial charge in [0, 0.05) is 11.4 Å². The Bertz CT molecular complexity index is 751. The number of rotatable bonds is 9. The molecule has 2 aromatic rings. The largest absolute Gasteiger partial charge is 0.482 e. The van der Waals surface area contributed by atoms with Gasteiger partial charge in [-0.25, -0.2) is 4.79 Å². The fourth-order valence-corrected chi connectivity index (χ4v) is 3.33. The Kier molecular flexibility index (Phi) is 7.81. The molecule has 0 radical (unpaired) electrons. The highest BCUT2D eigenvalue weighted by atomic mass is 35.5. The van der Waals surface area contributed by atoms with Gasteiger partial charge in [-0.2, -0.15) is 0 Å². The molecule has 0 bridgehead atoms. The van der Waals surface area contributed by atoms with Crippen molar-refractivity contribution in [3.63, 3.8) is 0 Å². The number of amides is 1. The molecular formula is C19H20ClNO4S. The SMILES string of the molecule is CC(Sc1ccccc1Cl)C(=O)NCCc1ccc(OCC(=O)O)cc1. The van der Waals surface area contributed by atoms with Gasteiger partial charge in [-0.1, -0.05) is 35.9 Å². The summed E-state index contributed by atoms with van der Waals surface area (Å²) in [7, 11) is 0. The summed E-state index contributed by atoms with van der Waals surface area (Å²) in [4.78, 5) is 23.5. The van der Waals surface area contributed by atoms with Gasteiger partial charge in [0.05, 0.1) is 10.3 Å². The van der Waals surface area contributed by atoms with Crippen molar-refractivity contribution in [2.24, 2.45) is 0 Å². The number of thioether (sulfide) groups is 1. The summed E-state index contributed by atoms with van der Waals surface area (Å²) in [5, 5.41) is 11.9. The predicted molar refractivity (Wildman–Crippen MR) is 103 cm³/mol. The van der Waals surface area contributed by atoms with E-state index in [1.54, 1.807) is 18.2 Å². The molecule has 2 N–H and O–H groups in total. The number of carboxylic acids is 1. The van der Waals surface area contributed by atoms with Crippen molar-refractivity contribution in [1.82, 2.24) is 5.32 Å². The molecule has 0 aliphatic heterocycles. The molecule has 0 aromatic heterocycles. The van der Waals surface area contributed by atoms with E-state index in [1.807, 2.05) is 37.3 Å². The summed E-state index contributed by atoms with van der Waals surface area (Å²) in [5.74, 6) is -0.554. The highest BCUT2D eigenvalue weighted by molar-refractivity contribution is 8.00. The minimum absolute atomic E-state index is 0.0451. The van der Waals surface area contributed by atoms with Gasteiger partial charge in [0.1, 0.15) is 5.75 Å². The van der Waals surface area contributed by atoms with Crippen LogP contribution in [0.1, 0.15) is 12.5 Å². The molecule has 2 rings (SSSR count). The number of hydrogen-bond donors (Lipinski definition) is 2. The van der Waals surface area contributed by atoms with Crippen LogP contribution in [-0.2, 0) is 16.0 Å². The molecule has 1 atom stereocenters. The van der Waals surface area contributed by atoms with Crippen molar-refractivity contribution in [3.05, 3.63) is 59.1 Å². The standard InChI is InChI=1S/C19H20ClNO4S/c1-13(26-17-5-3-2-4-16(17)20)19(24)21-11-10-14-6-8-15(9-7-14)25-12-18(22)23/h2-9,13H,10-12H2,1H3,(H,21,24)(H,22,23). The van der Waals surface area contributed by atoms with Crippen LogP contribution in [0.2, 0.25) is 5.02 Å². The van der Waals surface area contributed by atoms with E-state index in [-0.39, 0.29) is 17.8 Å². The Morgan fingerprint density at radius 1 is 1.19 bits per heavy atom. The molecule has 0 aliphatic rings. The summed E-state index contributed by atoms with van der Waals surface area (Å²) in [6.45, 7) is 2.00. The average Bonchev–Trinajstić information content (AvgIpc) is 2.62. The van der Waals surface area contributed by atoms with Crippen LogP contribution < -0.4 is 10.1 Å². The summed E-state index contributed by atoms with van der Waals surface area (Å²) in [6, 6.07) is 14.6. The fourth-order valence-electron chi connectivity index (χ4n) is 2.16. The van der Waals surface area contributed by atoms with Crippen molar-refractivity contribution in [2.45, 2.75) is 23.5 Å². The zero-order valence-corrected chi connectivity index (χ0v) is 15.8. The van der Waals surface area contributed by atoms with E-state index in [2.05, 4.69) is 5.32 Å². The lowest BCUT2D eigenvalue weighted by Crippen LogP contribution is -2.32. The van der Waals surface area contributed by atoms with E-state index < -0.39 is 5.97 Å². The number of halogens is 1. The summed E-state index contributed by atoms with van der Waals surface area (Å²) in [5.41, 5.74) is 1.03. The number of nitrogens with one attached hydrogen (secondary N) is 1. The molecule has 138 valence electrons. The normalized spacial score (nSPS) is 11.6. The van der Waals surface area contributed by atoms with Gasteiger partial charge in [0.2, 0.25) is 5.91 Å². The third-order valence-electron chi connectivity index (χ3n) is 3.51.